The van der Waals surface area contributed by atoms with Crippen molar-refractivity contribution in [3.63, 3.8) is 0 Å². The Morgan fingerprint density at radius 2 is 2.19 bits per heavy atom. The van der Waals surface area contributed by atoms with E-state index in [9.17, 15) is 9.59 Å². The maximum atomic E-state index is 11.9. The van der Waals surface area contributed by atoms with Crippen molar-refractivity contribution in [3.05, 3.63) is 35.4 Å². The summed E-state index contributed by atoms with van der Waals surface area (Å²) in [5, 5.41) is 8.78. The molecule has 0 fully saturated rings. The largest absolute Gasteiger partial charge is 0.481 e. The molecule has 0 spiro atoms. The van der Waals surface area contributed by atoms with Crippen LogP contribution in [0.5, 0.6) is 0 Å². The second-order valence-corrected chi connectivity index (χ2v) is 4.03. The van der Waals surface area contributed by atoms with E-state index in [2.05, 4.69) is 0 Å². The number of nitrogens with zero attached hydrogens (tertiary/aromatic N) is 1. The van der Waals surface area contributed by atoms with E-state index in [1.165, 1.54) is 4.90 Å². The third kappa shape index (κ3) is 1.78. The number of carbonyl (C=O) groups excluding carboxylic acids is 1. The predicted molar refractivity (Wildman–Crippen MR) is 58.3 cm³/mol. The maximum Gasteiger partial charge on any atom is 0.305 e. The van der Waals surface area contributed by atoms with E-state index in [-0.39, 0.29) is 18.4 Å². The van der Waals surface area contributed by atoms with Crippen LogP contribution in [0.15, 0.2) is 24.3 Å². The van der Waals surface area contributed by atoms with E-state index < -0.39 is 5.97 Å². The Bertz CT molecular complexity index is 442. The third-order valence-corrected chi connectivity index (χ3v) is 2.98. The van der Waals surface area contributed by atoms with Gasteiger partial charge in [0.1, 0.15) is 0 Å². The summed E-state index contributed by atoms with van der Waals surface area (Å²) in [6.45, 7) is 0. The first-order chi connectivity index (χ1) is 7.59. The number of hydrogen-bond acceptors (Lipinski definition) is 2. The van der Waals surface area contributed by atoms with Crippen LogP contribution in [0.3, 0.4) is 0 Å². The van der Waals surface area contributed by atoms with E-state index in [0.29, 0.717) is 12.0 Å². The second-order valence-electron chi connectivity index (χ2n) is 4.03. The minimum Gasteiger partial charge on any atom is -0.481 e. The smallest absolute Gasteiger partial charge is 0.305 e. The van der Waals surface area contributed by atoms with E-state index in [1.54, 1.807) is 13.1 Å². The molecular weight excluding hydrogens is 206 g/mol. The highest BCUT2D eigenvalue weighted by molar-refractivity contribution is 5.97. The first-order valence-electron chi connectivity index (χ1n) is 5.16. The number of benzene rings is 1. The van der Waals surface area contributed by atoms with E-state index >= 15 is 0 Å². The predicted octanol–water partition coefficient (Wildman–Crippen LogP) is 1.16. The minimum atomic E-state index is -0.871. The Kier molecular flexibility index (Phi) is 2.64. The molecule has 0 bridgehead atoms. The van der Waals surface area contributed by atoms with Crippen LogP contribution in [0.4, 0.5) is 0 Å². The lowest BCUT2D eigenvalue weighted by molar-refractivity contribution is -0.138. The van der Waals surface area contributed by atoms with E-state index in [1.807, 2.05) is 18.2 Å². The maximum absolute atomic E-state index is 11.9. The molecule has 0 aliphatic carbocycles. The summed E-state index contributed by atoms with van der Waals surface area (Å²) >= 11 is 0. The molecule has 1 aromatic carbocycles. The van der Waals surface area contributed by atoms with Crippen LogP contribution in [-0.2, 0) is 11.2 Å². The van der Waals surface area contributed by atoms with Crippen molar-refractivity contribution >= 4 is 11.9 Å². The number of hydrogen-bond donors (Lipinski definition) is 1. The molecule has 4 nitrogen and oxygen atoms in total. The summed E-state index contributed by atoms with van der Waals surface area (Å²) in [5.41, 5.74) is 1.63. The van der Waals surface area contributed by atoms with Gasteiger partial charge >= 0.3 is 5.97 Å². The molecule has 1 amide bonds. The number of aliphatic carboxylic acids is 1. The summed E-state index contributed by atoms with van der Waals surface area (Å²) in [4.78, 5) is 24.2. The van der Waals surface area contributed by atoms with Gasteiger partial charge in [-0.05, 0) is 18.1 Å². The lowest BCUT2D eigenvalue weighted by atomic mass is 9.92. The SMILES string of the molecule is CN1C(=O)c2ccccc2CC1CC(=O)O. The van der Waals surface area contributed by atoms with Crippen LogP contribution < -0.4 is 0 Å². The van der Waals surface area contributed by atoms with E-state index in [0.717, 1.165) is 5.56 Å². The first kappa shape index (κ1) is 10.7. The van der Waals surface area contributed by atoms with Gasteiger partial charge in [0, 0.05) is 18.7 Å². The summed E-state index contributed by atoms with van der Waals surface area (Å²) in [5.74, 6) is -0.961. The highest BCUT2D eigenvalue weighted by Crippen LogP contribution is 2.23. The molecule has 1 aliphatic rings. The zero-order valence-electron chi connectivity index (χ0n) is 9.01. The molecule has 0 saturated carbocycles. The van der Waals surface area contributed by atoms with Crippen molar-refractivity contribution in [2.75, 3.05) is 7.05 Å². The number of rotatable bonds is 2. The number of carbonyl (C=O) groups is 2. The number of likely N-dealkylation sites (N-methyl/N-ethyl adjacent to an activating group) is 1. The molecule has 1 aromatic rings. The molecule has 1 N–H and O–H groups in total. The fraction of sp³-hybridized carbons (Fsp3) is 0.333. The average molecular weight is 219 g/mol. The Balaban J connectivity index is 2.32. The second kappa shape index (κ2) is 3.96. The van der Waals surface area contributed by atoms with Gasteiger partial charge < -0.3 is 10.0 Å². The highest BCUT2D eigenvalue weighted by Gasteiger charge is 2.30. The molecule has 0 saturated heterocycles. The van der Waals surface area contributed by atoms with E-state index in [4.69, 9.17) is 5.11 Å². The molecule has 0 radical (unpaired) electrons. The first-order valence-corrected chi connectivity index (χ1v) is 5.16. The zero-order chi connectivity index (χ0) is 11.7. The lowest BCUT2D eigenvalue weighted by Crippen LogP contribution is -2.44. The van der Waals surface area contributed by atoms with Crippen molar-refractivity contribution in [2.45, 2.75) is 18.9 Å². The van der Waals surface area contributed by atoms with Gasteiger partial charge in [0.05, 0.1) is 6.42 Å². The number of amides is 1. The summed E-state index contributed by atoms with van der Waals surface area (Å²) < 4.78 is 0. The normalized spacial score (nSPS) is 19.4. The highest BCUT2D eigenvalue weighted by atomic mass is 16.4. The van der Waals surface area contributed by atoms with Crippen molar-refractivity contribution < 1.29 is 14.7 Å². The van der Waals surface area contributed by atoms with Crippen LogP contribution in [0.25, 0.3) is 0 Å². The number of carboxylic acid groups (broad SMARTS) is 1. The van der Waals surface area contributed by atoms with Gasteiger partial charge in [-0.2, -0.15) is 0 Å². The number of carboxylic acids is 1. The van der Waals surface area contributed by atoms with Gasteiger partial charge in [0.15, 0.2) is 0 Å². The monoisotopic (exact) mass is 219 g/mol. The van der Waals surface area contributed by atoms with Crippen molar-refractivity contribution in [1.82, 2.24) is 4.90 Å². The summed E-state index contributed by atoms with van der Waals surface area (Å²) in [7, 11) is 1.66. The lowest BCUT2D eigenvalue weighted by Gasteiger charge is -2.32. The zero-order valence-corrected chi connectivity index (χ0v) is 9.01. The van der Waals surface area contributed by atoms with Crippen molar-refractivity contribution in [2.24, 2.45) is 0 Å². The Morgan fingerprint density at radius 1 is 1.50 bits per heavy atom. The molecule has 1 heterocycles. The summed E-state index contributed by atoms with van der Waals surface area (Å²) in [6, 6.07) is 7.12. The molecule has 0 aromatic heterocycles. The third-order valence-electron chi connectivity index (χ3n) is 2.98. The molecule has 2 rings (SSSR count). The minimum absolute atomic E-state index is 0.00340. The van der Waals surface area contributed by atoms with Gasteiger partial charge in [0.25, 0.3) is 5.91 Å². The molecule has 1 aliphatic heterocycles. The fourth-order valence-electron chi connectivity index (χ4n) is 2.06. The van der Waals surface area contributed by atoms with Crippen LogP contribution in [-0.4, -0.2) is 35.0 Å². The van der Waals surface area contributed by atoms with Gasteiger partial charge in [-0.1, -0.05) is 18.2 Å². The van der Waals surface area contributed by atoms with Gasteiger partial charge in [-0.3, -0.25) is 9.59 Å². The fourth-order valence-corrected chi connectivity index (χ4v) is 2.06. The standard InChI is InChI=1S/C12H13NO3/c1-13-9(7-11(14)15)6-8-4-2-3-5-10(8)12(13)16/h2-5,9H,6-7H2,1H3,(H,14,15). The van der Waals surface area contributed by atoms with Gasteiger partial charge in [0.2, 0.25) is 0 Å². The molecule has 84 valence electrons. The van der Waals surface area contributed by atoms with Crippen LogP contribution >= 0.6 is 0 Å². The van der Waals surface area contributed by atoms with Gasteiger partial charge in [-0.25, -0.2) is 0 Å². The summed E-state index contributed by atoms with van der Waals surface area (Å²) in [6.07, 6.45) is 0.612. The molecule has 1 atom stereocenters. The van der Waals surface area contributed by atoms with Crippen LogP contribution in [0, 0.1) is 0 Å². The Hall–Kier alpha value is -1.84. The molecular formula is C12H13NO3. The van der Waals surface area contributed by atoms with Crippen LogP contribution in [0.2, 0.25) is 0 Å². The van der Waals surface area contributed by atoms with Crippen LogP contribution in [0.1, 0.15) is 22.3 Å². The average Bonchev–Trinajstić information content (AvgIpc) is 2.25. The Labute approximate surface area is 93.5 Å². The quantitative estimate of drug-likeness (QED) is 0.812. The van der Waals surface area contributed by atoms with Crippen molar-refractivity contribution in [3.8, 4) is 0 Å². The molecule has 16 heavy (non-hydrogen) atoms. The Morgan fingerprint density at radius 3 is 2.88 bits per heavy atom. The molecule has 1 unspecified atom stereocenters. The number of fused-ring (bicyclic) bond motifs is 1. The van der Waals surface area contributed by atoms with Crippen molar-refractivity contribution in [1.29, 1.82) is 0 Å². The molecule has 4 heteroatoms. The topological polar surface area (TPSA) is 57.6 Å². The van der Waals surface area contributed by atoms with Gasteiger partial charge in [-0.15, -0.1) is 0 Å².